The first-order chi connectivity index (χ1) is 34.0. The molecule has 12 nitrogen and oxygen atoms in total. The second-order valence-corrected chi connectivity index (χ2v) is 22.0. The molecule has 416 valence electrons. The topological polar surface area (TPSA) is 192 Å². The zero-order valence-electron chi connectivity index (χ0n) is 45.1. The quantitative estimate of drug-likeness (QED) is 0.0193. The predicted octanol–water partition coefficient (Wildman–Crippen LogP) is 13.8. The average Bonchev–Trinajstić information content (AvgIpc) is 3.33. The van der Waals surface area contributed by atoms with Gasteiger partial charge in [0, 0.05) is 6.42 Å². The van der Waals surface area contributed by atoms with Crippen molar-refractivity contribution in [3.05, 3.63) is 12.2 Å². The van der Waals surface area contributed by atoms with Gasteiger partial charge >= 0.3 is 10.4 Å². The van der Waals surface area contributed by atoms with E-state index in [1.165, 1.54) is 225 Å². The summed E-state index contributed by atoms with van der Waals surface area (Å²) in [6.07, 6.45) is 48.5. The predicted molar refractivity (Wildman–Crippen MR) is 287 cm³/mol. The Bertz CT molecular complexity index is 1290. The molecule has 1 amide bonds. The molecule has 1 aliphatic rings. The van der Waals surface area contributed by atoms with Crippen LogP contribution in [-0.2, 0) is 28.9 Å². The number of aliphatic hydroxyl groups is 4. The van der Waals surface area contributed by atoms with E-state index in [9.17, 15) is 38.2 Å². The summed E-state index contributed by atoms with van der Waals surface area (Å²) in [4.78, 5) is 13.1. The number of rotatable bonds is 52. The highest BCUT2D eigenvalue weighted by Crippen LogP contribution is 2.26. The number of ether oxygens (including phenoxy) is 2. The molecule has 7 atom stereocenters. The van der Waals surface area contributed by atoms with Crippen molar-refractivity contribution in [3.63, 3.8) is 0 Å². The Hall–Kier alpha value is -1.16. The van der Waals surface area contributed by atoms with E-state index in [4.69, 9.17) is 9.47 Å². The first-order valence-corrected chi connectivity index (χ1v) is 30.9. The van der Waals surface area contributed by atoms with Gasteiger partial charge in [0.25, 0.3) is 0 Å². The van der Waals surface area contributed by atoms with Gasteiger partial charge in [0.15, 0.2) is 6.29 Å². The van der Waals surface area contributed by atoms with E-state index in [-0.39, 0.29) is 18.9 Å². The molecule has 6 N–H and O–H groups in total. The molecule has 7 unspecified atom stereocenters. The van der Waals surface area contributed by atoms with Gasteiger partial charge in [-0.2, -0.15) is 8.42 Å². The van der Waals surface area contributed by atoms with Gasteiger partial charge < -0.3 is 35.2 Å². The molecule has 0 aromatic carbocycles. The molecule has 0 radical (unpaired) electrons. The van der Waals surface area contributed by atoms with Crippen molar-refractivity contribution in [1.82, 2.24) is 5.32 Å². The van der Waals surface area contributed by atoms with Gasteiger partial charge in [-0.25, -0.2) is 4.18 Å². The van der Waals surface area contributed by atoms with Crippen molar-refractivity contribution in [2.24, 2.45) is 0 Å². The minimum Gasteiger partial charge on any atom is -0.394 e. The van der Waals surface area contributed by atoms with Crippen LogP contribution in [0.15, 0.2) is 12.2 Å². The molecule has 0 aliphatic carbocycles. The van der Waals surface area contributed by atoms with Crippen molar-refractivity contribution < 1.29 is 51.8 Å². The van der Waals surface area contributed by atoms with Crippen LogP contribution in [0.4, 0.5) is 0 Å². The Kier molecular flexibility index (Phi) is 45.4. The molecule has 1 rings (SSSR count). The van der Waals surface area contributed by atoms with Gasteiger partial charge in [-0.15, -0.1) is 0 Å². The average molecular weight is 1020 g/mol. The summed E-state index contributed by atoms with van der Waals surface area (Å²) in [5, 5.41) is 44.9. The van der Waals surface area contributed by atoms with Crippen LogP contribution in [0.5, 0.6) is 0 Å². The van der Waals surface area contributed by atoms with E-state index in [2.05, 4.69) is 23.3 Å². The highest BCUT2D eigenvalue weighted by atomic mass is 32.3. The van der Waals surface area contributed by atoms with E-state index in [1.807, 2.05) is 6.08 Å². The molecule has 0 aromatic heterocycles. The summed E-state index contributed by atoms with van der Waals surface area (Å²) >= 11 is 0. The molecule has 1 fully saturated rings. The van der Waals surface area contributed by atoms with Gasteiger partial charge in [-0.05, 0) is 19.3 Å². The standard InChI is InChI=1S/C57H111NO11S/c1-3-5-7-9-11-13-15-17-19-20-21-22-23-24-25-26-27-28-29-30-31-32-33-35-37-39-41-43-45-47-53(61)58-50(49-67-57-55(63)56(69-70(64,65)66)54(62)52(48-59)68-57)51(60)46-44-42-40-38-36-34-18-16-14-12-10-8-6-4-2/h44,46,50-52,54-57,59-60,62-63H,3-43,45,47-49H2,1-2H3,(H,58,61)(H,64,65,66)/b46-44+. The monoisotopic (exact) mass is 1020 g/mol. The van der Waals surface area contributed by atoms with Gasteiger partial charge in [-0.3, -0.25) is 9.35 Å². The largest absolute Gasteiger partial charge is 0.397 e. The molecule has 1 saturated heterocycles. The molecule has 0 aromatic rings. The van der Waals surface area contributed by atoms with Crippen molar-refractivity contribution >= 4 is 16.3 Å². The number of carbonyl (C=O) groups excluding carboxylic acids is 1. The van der Waals surface area contributed by atoms with Crippen LogP contribution in [-0.4, -0.2) is 95.4 Å². The lowest BCUT2D eigenvalue weighted by molar-refractivity contribution is -0.298. The second-order valence-electron chi connectivity index (χ2n) is 20.9. The third-order valence-corrected chi connectivity index (χ3v) is 14.8. The maximum absolute atomic E-state index is 13.1. The summed E-state index contributed by atoms with van der Waals surface area (Å²) < 4.78 is 47.8. The van der Waals surface area contributed by atoms with Crippen molar-refractivity contribution in [2.45, 2.75) is 333 Å². The number of aliphatic hydroxyl groups excluding tert-OH is 4. The third-order valence-electron chi connectivity index (χ3n) is 14.3. The molecule has 0 bridgehead atoms. The van der Waals surface area contributed by atoms with Gasteiger partial charge in [0.05, 0.1) is 25.4 Å². The summed E-state index contributed by atoms with van der Waals surface area (Å²) in [5.41, 5.74) is 0. The fourth-order valence-corrected chi connectivity index (χ4v) is 10.3. The van der Waals surface area contributed by atoms with E-state index in [1.54, 1.807) is 6.08 Å². The Morgan fingerprint density at radius 2 is 0.900 bits per heavy atom. The van der Waals surface area contributed by atoms with Crippen molar-refractivity contribution in [1.29, 1.82) is 0 Å². The number of hydrogen-bond acceptors (Lipinski definition) is 10. The Morgan fingerprint density at radius 1 is 0.557 bits per heavy atom. The zero-order valence-corrected chi connectivity index (χ0v) is 45.9. The zero-order chi connectivity index (χ0) is 51.2. The maximum atomic E-state index is 13.1. The second kappa shape index (κ2) is 47.5. The fraction of sp³-hybridized carbons (Fsp3) is 0.947. The van der Waals surface area contributed by atoms with E-state index >= 15 is 0 Å². The number of carbonyl (C=O) groups is 1. The molecule has 70 heavy (non-hydrogen) atoms. The number of hydrogen-bond donors (Lipinski definition) is 6. The number of unbranched alkanes of at least 4 members (excludes halogenated alkanes) is 40. The molecule has 1 heterocycles. The normalized spacial score (nSPS) is 19.6. The first-order valence-electron chi connectivity index (χ1n) is 29.6. The smallest absolute Gasteiger partial charge is 0.394 e. The van der Waals surface area contributed by atoms with Crippen LogP contribution >= 0.6 is 0 Å². The van der Waals surface area contributed by atoms with Gasteiger partial charge in [0.2, 0.25) is 5.91 Å². The Balaban J connectivity index is 2.27. The highest BCUT2D eigenvalue weighted by molar-refractivity contribution is 7.80. The summed E-state index contributed by atoms with van der Waals surface area (Å²) in [6.45, 7) is 3.43. The number of allylic oxidation sites excluding steroid dienone is 1. The SMILES string of the molecule is CCCCCCCCCCCCCC/C=C/C(O)C(COC1OC(CO)C(O)C(OS(=O)(=O)O)C1O)NC(=O)CCCCCCCCCCCCCCCCCCCCCCCCCCCCCCC. The van der Waals surface area contributed by atoms with Crippen molar-refractivity contribution in [3.8, 4) is 0 Å². The molecule has 0 saturated carbocycles. The third kappa shape index (κ3) is 39.3. The summed E-state index contributed by atoms with van der Waals surface area (Å²) in [5.74, 6) is -0.256. The van der Waals surface area contributed by atoms with E-state index in [0.29, 0.717) is 6.42 Å². The lowest BCUT2D eigenvalue weighted by Gasteiger charge is -2.41. The van der Waals surface area contributed by atoms with Crippen LogP contribution in [0.3, 0.4) is 0 Å². The number of nitrogens with one attached hydrogen (secondary N) is 1. The summed E-state index contributed by atoms with van der Waals surface area (Å²) in [6, 6.07) is -0.939. The fourth-order valence-electron chi connectivity index (χ4n) is 9.75. The van der Waals surface area contributed by atoms with Gasteiger partial charge in [0.1, 0.15) is 24.4 Å². The van der Waals surface area contributed by atoms with Crippen LogP contribution < -0.4 is 5.32 Å². The number of amides is 1. The van der Waals surface area contributed by atoms with Crippen LogP contribution in [0.1, 0.15) is 290 Å². The van der Waals surface area contributed by atoms with Gasteiger partial charge in [-0.1, -0.05) is 276 Å². The molecular weight excluding hydrogens is 907 g/mol. The van der Waals surface area contributed by atoms with Crippen molar-refractivity contribution in [2.75, 3.05) is 13.2 Å². The van der Waals surface area contributed by atoms with Crippen LogP contribution in [0, 0.1) is 0 Å². The minimum absolute atomic E-state index is 0.256. The van der Waals surface area contributed by atoms with E-state index < -0.39 is 59.9 Å². The molecular formula is C57H111NO11S. The van der Waals surface area contributed by atoms with E-state index in [0.717, 1.165) is 38.5 Å². The minimum atomic E-state index is -5.09. The Labute approximate surface area is 430 Å². The maximum Gasteiger partial charge on any atom is 0.397 e. The lowest BCUT2D eigenvalue weighted by atomic mass is 9.99. The highest BCUT2D eigenvalue weighted by Gasteiger charge is 2.48. The summed E-state index contributed by atoms with van der Waals surface area (Å²) in [7, 11) is -5.09. The molecule has 0 spiro atoms. The Morgan fingerprint density at radius 3 is 1.24 bits per heavy atom. The molecule has 13 heteroatoms. The van der Waals surface area contributed by atoms with Crippen LogP contribution in [0.25, 0.3) is 0 Å². The first kappa shape index (κ1) is 66.9. The van der Waals surface area contributed by atoms with Crippen LogP contribution in [0.2, 0.25) is 0 Å². The molecule has 1 aliphatic heterocycles. The lowest BCUT2D eigenvalue weighted by Crippen LogP contribution is -2.61.